The maximum Gasteiger partial charge on any atom is 0.227 e. The van der Waals surface area contributed by atoms with Crippen molar-refractivity contribution < 1.29 is 9.18 Å². The van der Waals surface area contributed by atoms with Crippen LogP contribution in [-0.2, 0) is 18.4 Å². The Morgan fingerprint density at radius 1 is 1.35 bits per heavy atom. The molecule has 142 valence electrons. The van der Waals surface area contributed by atoms with Crippen LogP contribution in [0.2, 0.25) is 0 Å². The lowest BCUT2D eigenvalue weighted by Crippen LogP contribution is -2.38. The van der Waals surface area contributed by atoms with Crippen molar-refractivity contribution in [3.8, 4) is 0 Å². The van der Waals surface area contributed by atoms with Crippen LogP contribution < -0.4 is 5.32 Å². The SMILES string of the molecule is CCCN(Cc1ccc(F)cc1)C(=O)[C@H]1CNC[C@@H]1c1cnn(C)c1.Cl. The number of nitrogens with one attached hydrogen (secondary N) is 1. The normalized spacial score (nSPS) is 19.2. The van der Waals surface area contributed by atoms with Gasteiger partial charge in [-0.3, -0.25) is 9.48 Å². The zero-order valence-electron chi connectivity index (χ0n) is 15.2. The summed E-state index contributed by atoms with van der Waals surface area (Å²) < 4.78 is 14.9. The molecular formula is C19H26ClFN4O. The van der Waals surface area contributed by atoms with Gasteiger partial charge in [0, 0.05) is 45.3 Å². The van der Waals surface area contributed by atoms with Gasteiger partial charge >= 0.3 is 0 Å². The lowest BCUT2D eigenvalue weighted by molar-refractivity contribution is -0.136. The number of rotatable bonds is 6. The molecule has 2 aromatic rings. The molecule has 7 heteroatoms. The van der Waals surface area contributed by atoms with Crippen LogP contribution in [0.25, 0.3) is 0 Å². The zero-order chi connectivity index (χ0) is 17.8. The van der Waals surface area contributed by atoms with Crippen LogP contribution in [0.3, 0.4) is 0 Å². The predicted octanol–water partition coefficient (Wildman–Crippen LogP) is 2.72. The topological polar surface area (TPSA) is 50.2 Å². The Morgan fingerprint density at radius 3 is 2.69 bits per heavy atom. The smallest absolute Gasteiger partial charge is 0.227 e. The second kappa shape index (κ2) is 9.14. The molecule has 1 aliphatic rings. The highest BCUT2D eigenvalue weighted by Crippen LogP contribution is 2.29. The summed E-state index contributed by atoms with van der Waals surface area (Å²) in [7, 11) is 1.89. The largest absolute Gasteiger partial charge is 0.338 e. The zero-order valence-corrected chi connectivity index (χ0v) is 16.0. The van der Waals surface area contributed by atoms with Crippen LogP contribution in [0.4, 0.5) is 4.39 Å². The van der Waals surface area contributed by atoms with E-state index in [2.05, 4.69) is 17.3 Å². The molecule has 26 heavy (non-hydrogen) atoms. The van der Waals surface area contributed by atoms with E-state index in [0.717, 1.165) is 24.1 Å². The van der Waals surface area contributed by atoms with Crippen molar-refractivity contribution in [2.45, 2.75) is 25.8 Å². The second-order valence-corrected chi connectivity index (χ2v) is 6.70. The molecule has 0 aliphatic carbocycles. The summed E-state index contributed by atoms with van der Waals surface area (Å²) in [5.41, 5.74) is 2.05. The quantitative estimate of drug-likeness (QED) is 0.838. The van der Waals surface area contributed by atoms with E-state index in [9.17, 15) is 9.18 Å². The highest BCUT2D eigenvalue weighted by atomic mass is 35.5. The molecule has 1 aromatic carbocycles. The summed E-state index contributed by atoms with van der Waals surface area (Å²) in [6, 6.07) is 6.38. The first-order valence-electron chi connectivity index (χ1n) is 8.81. The second-order valence-electron chi connectivity index (χ2n) is 6.70. The number of amides is 1. The van der Waals surface area contributed by atoms with E-state index >= 15 is 0 Å². The molecule has 2 atom stereocenters. The maximum absolute atomic E-state index is 13.2. The molecule has 0 saturated carbocycles. The van der Waals surface area contributed by atoms with Crippen molar-refractivity contribution in [3.05, 3.63) is 53.6 Å². The fraction of sp³-hybridized carbons (Fsp3) is 0.474. The Hall–Kier alpha value is -1.92. The third kappa shape index (κ3) is 4.62. The van der Waals surface area contributed by atoms with Crippen LogP contribution in [-0.4, -0.2) is 40.2 Å². The molecule has 2 heterocycles. The van der Waals surface area contributed by atoms with Gasteiger partial charge in [-0.1, -0.05) is 19.1 Å². The number of aromatic nitrogens is 2. The van der Waals surface area contributed by atoms with Crippen molar-refractivity contribution in [2.24, 2.45) is 13.0 Å². The molecule has 0 radical (unpaired) electrons. The van der Waals surface area contributed by atoms with Gasteiger partial charge in [-0.2, -0.15) is 5.10 Å². The highest BCUT2D eigenvalue weighted by Gasteiger charge is 2.36. The number of hydrogen-bond acceptors (Lipinski definition) is 3. The van der Waals surface area contributed by atoms with E-state index in [1.165, 1.54) is 12.1 Å². The summed E-state index contributed by atoms with van der Waals surface area (Å²) in [4.78, 5) is 15.1. The minimum Gasteiger partial charge on any atom is -0.338 e. The number of carbonyl (C=O) groups is 1. The third-order valence-corrected chi connectivity index (χ3v) is 4.78. The first kappa shape index (κ1) is 20.4. The van der Waals surface area contributed by atoms with Gasteiger partial charge in [-0.25, -0.2) is 4.39 Å². The van der Waals surface area contributed by atoms with Gasteiger partial charge in [0.1, 0.15) is 5.82 Å². The molecule has 0 spiro atoms. The molecule has 1 saturated heterocycles. The molecule has 0 unspecified atom stereocenters. The van der Waals surface area contributed by atoms with Gasteiger partial charge in [0.05, 0.1) is 12.1 Å². The predicted molar refractivity (Wildman–Crippen MR) is 102 cm³/mol. The number of benzene rings is 1. The Balaban J connectivity index is 0.00000243. The van der Waals surface area contributed by atoms with Crippen LogP contribution in [0.5, 0.6) is 0 Å². The first-order chi connectivity index (χ1) is 12.1. The Kier molecular flexibility index (Phi) is 7.17. The fourth-order valence-corrected chi connectivity index (χ4v) is 3.50. The number of nitrogens with zero attached hydrogens (tertiary/aromatic N) is 3. The summed E-state index contributed by atoms with van der Waals surface area (Å²) >= 11 is 0. The average molecular weight is 381 g/mol. The van der Waals surface area contributed by atoms with E-state index in [-0.39, 0.29) is 36.0 Å². The van der Waals surface area contributed by atoms with Gasteiger partial charge in [-0.15, -0.1) is 12.4 Å². The molecule has 1 fully saturated rings. The van der Waals surface area contributed by atoms with Crippen LogP contribution in [0.1, 0.15) is 30.4 Å². The molecule has 5 nitrogen and oxygen atoms in total. The van der Waals surface area contributed by atoms with E-state index in [0.29, 0.717) is 19.6 Å². The Labute approximate surface area is 160 Å². The molecular weight excluding hydrogens is 355 g/mol. The lowest BCUT2D eigenvalue weighted by atomic mass is 9.89. The molecule has 1 aromatic heterocycles. The number of carbonyl (C=O) groups excluding carboxylic acids is 1. The monoisotopic (exact) mass is 380 g/mol. The number of halogens is 2. The average Bonchev–Trinajstić information content (AvgIpc) is 3.24. The molecule has 1 amide bonds. The van der Waals surface area contributed by atoms with Crippen LogP contribution in [0.15, 0.2) is 36.7 Å². The summed E-state index contributed by atoms with van der Waals surface area (Å²) in [5, 5.41) is 7.59. The first-order valence-corrected chi connectivity index (χ1v) is 8.81. The van der Waals surface area contributed by atoms with Crippen LogP contribution >= 0.6 is 12.4 Å². The minimum atomic E-state index is -0.256. The van der Waals surface area contributed by atoms with Gasteiger partial charge < -0.3 is 10.2 Å². The minimum absolute atomic E-state index is 0. The van der Waals surface area contributed by atoms with Crippen molar-refractivity contribution >= 4 is 18.3 Å². The Bertz CT molecular complexity index is 719. The van der Waals surface area contributed by atoms with E-state index in [1.54, 1.807) is 16.8 Å². The maximum atomic E-state index is 13.2. The summed E-state index contributed by atoms with van der Waals surface area (Å²) in [5.74, 6) is -0.0382. The van der Waals surface area contributed by atoms with Crippen molar-refractivity contribution in [1.29, 1.82) is 0 Å². The van der Waals surface area contributed by atoms with Crippen molar-refractivity contribution in [1.82, 2.24) is 20.0 Å². The fourth-order valence-electron chi connectivity index (χ4n) is 3.50. The molecule has 1 N–H and O–H groups in total. The van der Waals surface area contributed by atoms with E-state index < -0.39 is 0 Å². The van der Waals surface area contributed by atoms with Crippen molar-refractivity contribution in [2.75, 3.05) is 19.6 Å². The van der Waals surface area contributed by atoms with E-state index in [1.807, 2.05) is 24.3 Å². The van der Waals surface area contributed by atoms with Crippen molar-refractivity contribution in [3.63, 3.8) is 0 Å². The molecule has 1 aliphatic heterocycles. The molecule has 3 rings (SSSR count). The summed E-state index contributed by atoms with van der Waals surface area (Å²) in [6.07, 6.45) is 4.73. The van der Waals surface area contributed by atoms with E-state index in [4.69, 9.17) is 0 Å². The van der Waals surface area contributed by atoms with Gasteiger partial charge in [0.2, 0.25) is 5.91 Å². The van der Waals surface area contributed by atoms with Crippen LogP contribution in [0, 0.1) is 11.7 Å². The molecule has 0 bridgehead atoms. The highest BCUT2D eigenvalue weighted by molar-refractivity contribution is 5.85. The van der Waals surface area contributed by atoms with Gasteiger partial charge in [0.15, 0.2) is 0 Å². The number of aryl methyl sites for hydroxylation is 1. The summed E-state index contributed by atoms with van der Waals surface area (Å²) in [6.45, 7) is 4.76. The van der Waals surface area contributed by atoms with Gasteiger partial charge in [0.25, 0.3) is 0 Å². The van der Waals surface area contributed by atoms with Gasteiger partial charge in [-0.05, 0) is 29.7 Å². The lowest BCUT2D eigenvalue weighted by Gasteiger charge is -2.27. The Morgan fingerprint density at radius 2 is 2.08 bits per heavy atom. The number of hydrogen-bond donors (Lipinski definition) is 1. The third-order valence-electron chi connectivity index (χ3n) is 4.78. The standard InChI is InChI=1S/C19H25FN4O.ClH/c1-3-8-24(12-14-4-6-16(20)7-5-14)19(25)18-11-21-10-17(18)15-9-22-23(2)13-15;/h4-7,9,13,17-18,21H,3,8,10-12H2,1-2H3;1H/t17-,18+;/m1./s1.